The zero-order chi connectivity index (χ0) is 10.8. The van der Waals surface area contributed by atoms with Crippen LogP contribution in [0.15, 0.2) is 24.3 Å². The van der Waals surface area contributed by atoms with E-state index in [1.165, 1.54) is 12.1 Å². The first-order chi connectivity index (χ1) is 7.20. The van der Waals surface area contributed by atoms with Crippen LogP contribution in [0.1, 0.15) is 11.3 Å². The lowest BCUT2D eigenvalue weighted by molar-refractivity contribution is 0.629. The summed E-state index contributed by atoms with van der Waals surface area (Å²) in [5.74, 6) is -0.227. The van der Waals surface area contributed by atoms with Crippen LogP contribution in [0.3, 0.4) is 0 Å². The highest BCUT2D eigenvalue weighted by atomic mass is 19.1. The van der Waals surface area contributed by atoms with Crippen molar-refractivity contribution in [3.05, 3.63) is 41.3 Å². The van der Waals surface area contributed by atoms with Gasteiger partial charge >= 0.3 is 0 Å². The van der Waals surface area contributed by atoms with Crippen molar-refractivity contribution in [3.63, 3.8) is 0 Å². The Morgan fingerprint density at radius 3 is 2.87 bits per heavy atom. The second-order valence-electron chi connectivity index (χ2n) is 3.63. The molecule has 15 heavy (non-hydrogen) atoms. The van der Waals surface area contributed by atoms with Gasteiger partial charge in [-0.1, -0.05) is 0 Å². The van der Waals surface area contributed by atoms with Gasteiger partial charge in [-0.05, 0) is 43.3 Å². The molecule has 0 atom stereocenters. The van der Waals surface area contributed by atoms with Gasteiger partial charge in [-0.25, -0.2) is 4.39 Å². The first kappa shape index (κ1) is 10.1. The molecule has 1 aromatic carbocycles. The lowest BCUT2D eigenvalue weighted by atomic mass is 10.1. The molecule has 2 rings (SSSR count). The van der Waals surface area contributed by atoms with Crippen LogP contribution in [0.2, 0.25) is 0 Å². The fourth-order valence-electron chi connectivity index (χ4n) is 1.68. The maximum absolute atomic E-state index is 13.0. The molecule has 2 nitrogen and oxygen atoms in total. The van der Waals surface area contributed by atoms with E-state index in [1.807, 2.05) is 13.0 Å². The smallest absolute Gasteiger partial charge is 0.123 e. The SMILES string of the molecule is Cc1cc2cc(F)ccc2nc1CCN. The Labute approximate surface area is 87.9 Å². The van der Waals surface area contributed by atoms with Crippen LogP contribution in [0.4, 0.5) is 4.39 Å². The van der Waals surface area contributed by atoms with E-state index in [0.717, 1.165) is 28.6 Å². The quantitative estimate of drug-likeness (QED) is 0.814. The predicted molar refractivity (Wildman–Crippen MR) is 59.2 cm³/mol. The Hall–Kier alpha value is -1.48. The van der Waals surface area contributed by atoms with Gasteiger partial charge in [-0.15, -0.1) is 0 Å². The summed E-state index contributed by atoms with van der Waals surface area (Å²) in [6, 6.07) is 6.58. The highest BCUT2D eigenvalue weighted by Gasteiger charge is 2.03. The standard InChI is InChI=1S/C12H13FN2/c1-8-6-9-7-10(13)2-3-12(9)15-11(8)4-5-14/h2-3,6-7H,4-5,14H2,1H3. The molecule has 1 aromatic heterocycles. The summed E-state index contributed by atoms with van der Waals surface area (Å²) in [4.78, 5) is 4.46. The third kappa shape index (κ3) is 1.97. The monoisotopic (exact) mass is 204 g/mol. The zero-order valence-electron chi connectivity index (χ0n) is 8.63. The van der Waals surface area contributed by atoms with E-state index in [4.69, 9.17) is 5.73 Å². The molecule has 2 aromatic rings. The molecule has 0 bridgehead atoms. The molecule has 0 aliphatic carbocycles. The van der Waals surface area contributed by atoms with E-state index in [-0.39, 0.29) is 5.82 Å². The molecule has 0 aliphatic heterocycles. The zero-order valence-corrected chi connectivity index (χ0v) is 8.63. The van der Waals surface area contributed by atoms with Crippen molar-refractivity contribution >= 4 is 10.9 Å². The maximum atomic E-state index is 13.0. The molecule has 0 amide bonds. The molecule has 2 N–H and O–H groups in total. The Balaban J connectivity index is 2.60. The highest BCUT2D eigenvalue weighted by Crippen LogP contribution is 2.17. The van der Waals surface area contributed by atoms with Crippen molar-refractivity contribution < 1.29 is 4.39 Å². The largest absolute Gasteiger partial charge is 0.330 e. The van der Waals surface area contributed by atoms with Crippen molar-refractivity contribution in [3.8, 4) is 0 Å². The molecule has 0 aliphatic rings. The summed E-state index contributed by atoms with van der Waals surface area (Å²) in [6.45, 7) is 2.56. The molecule has 0 fully saturated rings. The van der Waals surface area contributed by atoms with Gasteiger partial charge in [0.2, 0.25) is 0 Å². The molecule has 0 unspecified atom stereocenters. The average Bonchev–Trinajstić information content (AvgIpc) is 2.20. The Morgan fingerprint density at radius 1 is 1.33 bits per heavy atom. The molecule has 0 saturated heterocycles. The summed E-state index contributed by atoms with van der Waals surface area (Å²) >= 11 is 0. The summed E-state index contributed by atoms with van der Waals surface area (Å²) in [5.41, 5.74) is 8.39. The minimum absolute atomic E-state index is 0.227. The summed E-state index contributed by atoms with van der Waals surface area (Å²) in [5, 5.41) is 0.841. The van der Waals surface area contributed by atoms with Crippen molar-refractivity contribution in [2.24, 2.45) is 5.73 Å². The van der Waals surface area contributed by atoms with Gasteiger partial charge < -0.3 is 5.73 Å². The van der Waals surface area contributed by atoms with Crippen molar-refractivity contribution in [1.82, 2.24) is 4.98 Å². The Morgan fingerprint density at radius 2 is 2.13 bits per heavy atom. The van der Waals surface area contributed by atoms with Gasteiger partial charge in [0.05, 0.1) is 5.52 Å². The lowest BCUT2D eigenvalue weighted by Crippen LogP contribution is -2.06. The van der Waals surface area contributed by atoms with E-state index in [0.29, 0.717) is 6.54 Å². The second-order valence-corrected chi connectivity index (χ2v) is 3.63. The fraction of sp³-hybridized carbons (Fsp3) is 0.250. The van der Waals surface area contributed by atoms with E-state index >= 15 is 0 Å². The summed E-state index contributed by atoms with van der Waals surface area (Å²) < 4.78 is 13.0. The number of nitrogens with two attached hydrogens (primary N) is 1. The first-order valence-corrected chi connectivity index (χ1v) is 4.96. The normalized spacial score (nSPS) is 10.9. The third-order valence-corrected chi connectivity index (χ3v) is 2.45. The lowest BCUT2D eigenvalue weighted by Gasteiger charge is -2.05. The predicted octanol–water partition coefficient (Wildman–Crippen LogP) is 2.18. The number of aryl methyl sites for hydroxylation is 1. The molecular formula is C12H13FN2. The van der Waals surface area contributed by atoms with E-state index in [1.54, 1.807) is 6.07 Å². The van der Waals surface area contributed by atoms with Gasteiger partial charge in [0.1, 0.15) is 5.82 Å². The van der Waals surface area contributed by atoms with Crippen LogP contribution in [0.25, 0.3) is 10.9 Å². The number of rotatable bonds is 2. The van der Waals surface area contributed by atoms with Crippen LogP contribution < -0.4 is 5.73 Å². The fourth-order valence-corrected chi connectivity index (χ4v) is 1.68. The molecular weight excluding hydrogens is 191 g/mol. The van der Waals surface area contributed by atoms with Gasteiger partial charge in [-0.2, -0.15) is 0 Å². The molecule has 0 spiro atoms. The van der Waals surface area contributed by atoms with Crippen LogP contribution in [0, 0.1) is 12.7 Å². The van der Waals surface area contributed by atoms with Crippen molar-refractivity contribution in [2.75, 3.05) is 6.54 Å². The van der Waals surface area contributed by atoms with Gasteiger partial charge in [-0.3, -0.25) is 4.98 Å². The molecule has 78 valence electrons. The minimum Gasteiger partial charge on any atom is -0.330 e. The number of aromatic nitrogens is 1. The van der Waals surface area contributed by atoms with E-state index < -0.39 is 0 Å². The van der Waals surface area contributed by atoms with Crippen LogP contribution in [-0.2, 0) is 6.42 Å². The van der Waals surface area contributed by atoms with Crippen LogP contribution in [-0.4, -0.2) is 11.5 Å². The number of halogens is 1. The van der Waals surface area contributed by atoms with Crippen LogP contribution in [0.5, 0.6) is 0 Å². The highest BCUT2D eigenvalue weighted by molar-refractivity contribution is 5.79. The summed E-state index contributed by atoms with van der Waals surface area (Å²) in [7, 11) is 0. The molecule has 0 saturated carbocycles. The van der Waals surface area contributed by atoms with Crippen molar-refractivity contribution in [1.29, 1.82) is 0 Å². The number of fused-ring (bicyclic) bond motifs is 1. The third-order valence-electron chi connectivity index (χ3n) is 2.45. The van der Waals surface area contributed by atoms with Gasteiger partial charge in [0, 0.05) is 17.5 Å². The summed E-state index contributed by atoms with van der Waals surface area (Å²) in [6.07, 6.45) is 0.763. The number of pyridine rings is 1. The first-order valence-electron chi connectivity index (χ1n) is 4.96. The number of nitrogens with zero attached hydrogens (tertiary/aromatic N) is 1. The number of hydrogen-bond acceptors (Lipinski definition) is 2. The molecule has 3 heteroatoms. The molecule has 0 radical (unpaired) electrons. The van der Waals surface area contributed by atoms with Gasteiger partial charge in [0.15, 0.2) is 0 Å². The average molecular weight is 204 g/mol. The van der Waals surface area contributed by atoms with E-state index in [2.05, 4.69) is 4.98 Å². The number of hydrogen-bond donors (Lipinski definition) is 1. The second kappa shape index (κ2) is 3.95. The number of benzene rings is 1. The van der Waals surface area contributed by atoms with Crippen molar-refractivity contribution in [2.45, 2.75) is 13.3 Å². The molecule has 1 heterocycles. The minimum atomic E-state index is -0.227. The van der Waals surface area contributed by atoms with Crippen LogP contribution >= 0.6 is 0 Å². The van der Waals surface area contributed by atoms with E-state index in [9.17, 15) is 4.39 Å². The maximum Gasteiger partial charge on any atom is 0.123 e. The Bertz CT molecular complexity index is 494. The van der Waals surface area contributed by atoms with Gasteiger partial charge in [0.25, 0.3) is 0 Å². The Kier molecular flexibility index (Phi) is 2.64. The topological polar surface area (TPSA) is 38.9 Å².